The number of benzene rings is 1. The van der Waals surface area contributed by atoms with Gasteiger partial charge in [0.05, 0.1) is 24.2 Å². The number of carbonyl (C=O) groups is 1. The number of ether oxygens (including phenoxy) is 1. The molecule has 2 N–H and O–H groups in total. The summed E-state index contributed by atoms with van der Waals surface area (Å²) in [5.74, 6) is 2.34. The van der Waals surface area contributed by atoms with Gasteiger partial charge in [-0.05, 0) is 36.1 Å². The smallest absolute Gasteiger partial charge is 0.152 e. The Morgan fingerprint density at radius 3 is 2.29 bits per heavy atom. The summed E-state index contributed by atoms with van der Waals surface area (Å²) in [7, 11) is 0. The van der Waals surface area contributed by atoms with Crippen LogP contribution in [0.5, 0.6) is 5.75 Å². The molecule has 0 saturated carbocycles. The van der Waals surface area contributed by atoms with E-state index in [-0.39, 0.29) is 11.5 Å². The summed E-state index contributed by atoms with van der Waals surface area (Å²) in [6.45, 7) is 12.0. The first-order valence-electron chi connectivity index (χ1n) is 10.1. The molecule has 2 aliphatic heterocycles. The minimum Gasteiger partial charge on any atom is -0.492 e. The molecule has 3 atom stereocenters. The number of Topliss-reactive ketones (excluding diaryl/α,β-unsaturated/α-hetero) is 1. The molecule has 152 valence electrons. The van der Waals surface area contributed by atoms with Gasteiger partial charge in [-0.3, -0.25) is 9.69 Å². The zero-order chi connectivity index (χ0) is 20.3. The first-order valence-corrected chi connectivity index (χ1v) is 10.1. The van der Waals surface area contributed by atoms with E-state index in [1.54, 1.807) is 24.3 Å². The lowest BCUT2D eigenvalue weighted by molar-refractivity contribution is -0.127. The number of hydrogen-bond acceptors (Lipinski definition) is 6. The summed E-state index contributed by atoms with van der Waals surface area (Å²) in [5, 5.41) is 8.83. The van der Waals surface area contributed by atoms with Gasteiger partial charge in [0.25, 0.3) is 0 Å². The highest BCUT2D eigenvalue weighted by Gasteiger charge is 2.41. The molecule has 3 rings (SSSR count). The second-order valence-corrected chi connectivity index (χ2v) is 9.31. The average Bonchev–Trinajstić information content (AvgIpc) is 3.17. The molecule has 0 spiro atoms. The molecular formula is C22H32N4O2. The number of ketones is 1. The van der Waals surface area contributed by atoms with Gasteiger partial charge in [0.2, 0.25) is 0 Å². The lowest BCUT2D eigenvalue weighted by Crippen LogP contribution is -2.42. The Morgan fingerprint density at radius 1 is 1.18 bits per heavy atom. The molecule has 6 nitrogen and oxygen atoms in total. The van der Waals surface area contributed by atoms with Crippen molar-refractivity contribution in [1.82, 2.24) is 9.80 Å². The largest absolute Gasteiger partial charge is 0.492 e. The molecule has 2 heterocycles. The third kappa shape index (κ3) is 5.32. The van der Waals surface area contributed by atoms with Crippen molar-refractivity contribution in [2.24, 2.45) is 23.0 Å². The SMILES string of the molecule is CC(C)(C)C(=O)CN1CC2CN(C[C@@H](N)COc3ccc(C#N)cc3)CC2C1. The predicted octanol–water partition coefficient (Wildman–Crippen LogP) is 1.74. The van der Waals surface area contributed by atoms with Crippen LogP contribution in [-0.4, -0.2) is 67.5 Å². The predicted molar refractivity (Wildman–Crippen MR) is 109 cm³/mol. The normalized spacial score (nSPS) is 24.0. The van der Waals surface area contributed by atoms with Crippen molar-refractivity contribution in [2.45, 2.75) is 26.8 Å². The molecule has 0 bridgehead atoms. The topological polar surface area (TPSA) is 82.6 Å². The van der Waals surface area contributed by atoms with Gasteiger partial charge in [0.1, 0.15) is 12.4 Å². The first-order chi connectivity index (χ1) is 13.2. The molecule has 0 aromatic heterocycles. The van der Waals surface area contributed by atoms with E-state index in [1.165, 1.54) is 0 Å². The Hall–Kier alpha value is -1.94. The molecule has 0 amide bonds. The number of nitrogens with zero attached hydrogens (tertiary/aromatic N) is 3. The summed E-state index contributed by atoms with van der Waals surface area (Å²) < 4.78 is 5.76. The molecule has 0 aliphatic carbocycles. The monoisotopic (exact) mass is 384 g/mol. The second-order valence-electron chi connectivity index (χ2n) is 9.31. The zero-order valence-corrected chi connectivity index (χ0v) is 17.2. The van der Waals surface area contributed by atoms with E-state index in [0.29, 0.717) is 36.3 Å². The maximum atomic E-state index is 12.3. The van der Waals surface area contributed by atoms with Gasteiger partial charge in [-0.2, -0.15) is 5.26 Å². The van der Waals surface area contributed by atoms with Crippen molar-refractivity contribution in [3.8, 4) is 11.8 Å². The van der Waals surface area contributed by atoms with E-state index in [1.807, 2.05) is 20.8 Å². The molecule has 6 heteroatoms. The number of hydrogen-bond donors (Lipinski definition) is 1. The van der Waals surface area contributed by atoms with Crippen LogP contribution in [-0.2, 0) is 4.79 Å². The van der Waals surface area contributed by atoms with Crippen LogP contribution in [0.1, 0.15) is 26.3 Å². The van der Waals surface area contributed by atoms with Crippen molar-refractivity contribution < 1.29 is 9.53 Å². The Balaban J connectivity index is 1.39. The van der Waals surface area contributed by atoms with Crippen molar-refractivity contribution in [3.63, 3.8) is 0 Å². The van der Waals surface area contributed by atoms with Gasteiger partial charge in [-0.25, -0.2) is 0 Å². The van der Waals surface area contributed by atoms with E-state index in [9.17, 15) is 4.79 Å². The number of nitrogens with two attached hydrogens (primary N) is 1. The van der Waals surface area contributed by atoms with Crippen molar-refractivity contribution in [1.29, 1.82) is 5.26 Å². The van der Waals surface area contributed by atoms with Gasteiger partial charge in [-0.1, -0.05) is 20.8 Å². The quantitative estimate of drug-likeness (QED) is 0.771. The maximum Gasteiger partial charge on any atom is 0.152 e. The Bertz CT molecular complexity index is 706. The van der Waals surface area contributed by atoms with Crippen LogP contribution in [0, 0.1) is 28.6 Å². The highest BCUT2D eigenvalue weighted by atomic mass is 16.5. The minimum atomic E-state index is -0.258. The standard InChI is InChI=1S/C22H32N4O2/c1-22(2,3)21(27)14-26-11-17-9-25(10-18(17)12-26)13-19(24)15-28-20-6-4-16(8-23)5-7-20/h4-7,17-19H,9-15,24H2,1-3H3/t17?,18?,19-/m1/s1. The zero-order valence-electron chi connectivity index (χ0n) is 17.2. The summed E-state index contributed by atoms with van der Waals surface area (Å²) in [4.78, 5) is 17.0. The van der Waals surface area contributed by atoms with Crippen LogP contribution in [0.15, 0.2) is 24.3 Å². The second kappa shape index (κ2) is 8.60. The van der Waals surface area contributed by atoms with Crippen molar-refractivity contribution in [2.75, 3.05) is 45.9 Å². The molecule has 1 aromatic carbocycles. The van der Waals surface area contributed by atoms with Crippen LogP contribution >= 0.6 is 0 Å². The lowest BCUT2D eigenvalue weighted by Gasteiger charge is -2.25. The molecular weight excluding hydrogens is 352 g/mol. The van der Waals surface area contributed by atoms with Gasteiger partial charge in [0, 0.05) is 38.1 Å². The summed E-state index contributed by atoms with van der Waals surface area (Å²) in [5.41, 5.74) is 6.64. The number of nitriles is 1. The molecule has 0 radical (unpaired) electrons. The minimum absolute atomic E-state index is 0.0481. The van der Waals surface area contributed by atoms with Crippen LogP contribution in [0.4, 0.5) is 0 Å². The molecule has 2 saturated heterocycles. The summed E-state index contributed by atoms with van der Waals surface area (Å²) >= 11 is 0. The molecule has 2 aliphatic rings. The highest BCUT2D eigenvalue weighted by molar-refractivity contribution is 5.85. The number of likely N-dealkylation sites (tertiary alicyclic amines) is 2. The molecule has 1 aromatic rings. The van der Waals surface area contributed by atoms with Gasteiger partial charge >= 0.3 is 0 Å². The molecule has 2 fully saturated rings. The maximum absolute atomic E-state index is 12.3. The first kappa shape index (κ1) is 20.8. The van der Waals surface area contributed by atoms with Crippen LogP contribution in [0.25, 0.3) is 0 Å². The van der Waals surface area contributed by atoms with Crippen LogP contribution < -0.4 is 10.5 Å². The van der Waals surface area contributed by atoms with Gasteiger partial charge in [-0.15, -0.1) is 0 Å². The van der Waals surface area contributed by atoms with E-state index in [0.717, 1.165) is 38.5 Å². The number of carbonyl (C=O) groups excluding carboxylic acids is 1. The summed E-state index contributed by atoms with van der Waals surface area (Å²) in [6.07, 6.45) is 0. The fraction of sp³-hybridized carbons (Fsp3) is 0.636. The van der Waals surface area contributed by atoms with E-state index in [4.69, 9.17) is 15.7 Å². The Labute approximate surface area is 168 Å². The van der Waals surface area contributed by atoms with E-state index in [2.05, 4.69) is 15.9 Å². The third-order valence-electron chi connectivity index (χ3n) is 5.78. The van der Waals surface area contributed by atoms with E-state index >= 15 is 0 Å². The highest BCUT2D eigenvalue weighted by Crippen LogP contribution is 2.31. The van der Waals surface area contributed by atoms with Gasteiger partial charge < -0.3 is 15.4 Å². The third-order valence-corrected chi connectivity index (χ3v) is 5.78. The fourth-order valence-electron chi connectivity index (χ4n) is 4.12. The fourth-order valence-corrected chi connectivity index (χ4v) is 4.12. The Morgan fingerprint density at radius 2 is 1.75 bits per heavy atom. The van der Waals surface area contributed by atoms with Crippen molar-refractivity contribution >= 4 is 5.78 Å². The van der Waals surface area contributed by atoms with Crippen LogP contribution in [0.3, 0.4) is 0 Å². The Kier molecular flexibility index (Phi) is 6.39. The lowest BCUT2D eigenvalue weighted by atomic mass is 9.90. The number of rotatable bonds is 7. The van der Waals surface area contributed by atoms with E-state index < -0.39 is 0 Å². The van der Waals surface area contributed by atoms with Crippen LogP contribution in [0.2, 0.25) is 0 Å². The van der Waals surface area contributed by atoms with Crippen molar-refractivity contribution in [3.05, 3.63) is 29.8 Å². The number of fused-ring (bicyclic) bond motifs is 1. The molecule has 28 heavy (non-hydrogen) atoms. The summed E-state index contributed by atoms with van der Waals surface area (Å²) in [6, 6.07) is 9.16. The molecule has 2 unspecified atom stereocenters. The average molecular weight is 385 g/mol. The van der Waals surface area contributed by atoms with Gasteiger partial charge in [0.15, 0.2) is 5.78 Å².